The summed E-state index contributed by atoms with van der Waals surface area (Å²) in [6.45, 7) is 5.75. The monoisotopic (exact) mass is 549 g/mol. The Morgan fingerprint density at radius 1 is 1.38 bits per heavy atom. The number of carbonyl (C=O) groups excluding carboxylic acids is 2. The summed E-state index contributed by atoms with van der Waals surface area (Å²) in [5, 5.41) is 2.50. The quantitative estimate of drug-likeness (QED) is 0.575. The number of aromatic nitrogens is 1. The van der Waals surface area contributed by atoms with Gasteiger partial charge < -0.3 is 14.4 Å². The Balaban J connectivity index is 1.87. The average Bonchev–Trinajstić information content (AvgIpc) is 3.42. The third-order valence-corrected chi connectivity index (χ3v) is 6.60. The summed E-state index contributed by atoms with van der Waals surface area (Å²) in [7, 11) is 0. The van der Waals surface area contributed by atoms with Crippen molar-refractivity contribution in [3.8, 4) is 0 Å². The van der Waals surface area contributed by atoms with Gasteiger partial charge in [0, 0.05) is 21.7 Å². The van der Waals surface area contributed by atoms with Crippen molar-refractivity contribution in [1.82, 2.24) is 9.88 Å². The Labute approximate surface area is 208 Å². The lowest BCUT2D eigenvalue weighted by molar-refractivity contribution is -0.372. The maximum Gasteiger partial charge on any atom is 0.594 e. The molecule has 0 saturated carbocycles. The molecular formula is C23H23BrFN4O4S+. The van der Waals surface area contributed by atoms with Crippen molar-refractivity contribution < 1.29 is 28.4 Å². The SMILES string of the molecule is CCOC(=O)C1=C2C/C(=[NH+]/C(=O)OC(C)C)CN2C(c2nccs2)=N[C@H]1c1ccc(F)cc1Br. The van der Waals surface area contributed by atoms with Crippen LogP contribution in [0.3, 0.4) is 0 Å². The second kappa shape index (κ2) is 10.1. The highest BCUT2D eigenvalue weighted by atomic mass is 79.9. The number of aliphatic imine (C=N–C) groups is 1. The maximum absolute atomic E-state index is 13.8. The lowest BCUT2D eigenvalue weighted by Gasteiger charge is -2.31. The summed E-state index contributed by atoms with van der Waals surface area (Å²) in [5.41, 5.74) is 2.26. The molecule has 0 unspecified atom stereocenters. The molecule has 0 aliphatic carbocycles. The number of allylic oxidation sites excluding steroid dienone is 1. The number of carbonyl (C=O) groups is 2. The van der Waals surface area contributed by atoms with Crippen LogP contribution in [-0.2, 0) is 14.3 Å². The first-order valence-electron chi connectivity index (χ1n) is 10.7. The van der Waals surface area contributed by atoms with Crippen LogP contribution in [0, 0.1) is 5.82 Å². The van der Waals surface area contributed by atoms with Gasteiger partial charge >= 0.3 is 12.1 Å². The fraction of sp³-hybridized carbons (Fsp3) is 0.348. The molecule has 11 heteroatoms. The standard InChI is InChI=1S/C23H22BrFN4O4S/c1-4-32-22(30)18-17-10-14(27-23(31)33-12(2)3)11-29(17)20(21-26-7-8-34-21)28-19(18)15-6-5-13(25)9-16(15)24/h5-9,12,19H,4,10-11H2,1-3H3/p+1/b27-14-/t19-/m0/s1. The van der Waals surface area contributed by atoms with Gasteiger partial charge in [-0.2, -0.15) is 4.79 Å². The van der Waals surface area contributed by atoms with Crippen LogP contribution in [0.25, 0.3) is 0 Å². The molecule has 1 aromatic heterocycles. The second-order valence-corrected chi connectivity index (χ2v) is 9.63. The average molecular weight is 550 g/mol. The number of benzene rings is 1. The summed E-state index contributed by atoms with van der Waals surface area (Å²) in [4.78, 5) is 39.4. The van der Waals surface area contributed by atoms with Crippen molar-refractivity contribution in [3.63, 3.8) is 0 Å². The highest BCUT2D eigenvalue weighted by molar-refractivity contribution is 9.10. The zero-order chi connectivity index (χ0) is 24.4. The number of nitrogens with one attached hydrogen (secondary N) is 1. The molecule has 8 nitrogen and oxygen atoms in total. The predicted octanol–water partition coefficient (Wildman–Crippen LogP) is 3.14. The van der Waals surface area contributed by atoms with Gasteiger partial charge in [0.15, 0.2) is 16.6 Å². The molecule has 1 amide bonds. The minimum Gasteiger partial charge on any atom is -0.463 e. The van der Waals surface area contributed by atoms with Gasteiger partial charge in [0.05, 0.1) is 18.6 Å². The third kappa shape index (κ3) is 4.95. The van der Waals surface area contributed by atoms with E-state index in [9.17, 15) is 14.0 Å². The molecule has 0 bridgehead atoms. The van der Waals surface area contributed by atoms with Crippen molar-refractivity contribution in [3.05, 3.63) is 61.9 Å². The first-order chi connectivity index (χ1) is 16.3. The zero-order valence-electron chi connectivity index (χ0n) is 18.8. The van der Waals surface area contributed by atoms with Gasteiger partial charge in [0.25, 0.3) is 0 Å². The molecule has 1 fully saturated rings. The van der Waals surface area contributed by atoms with E-state index < -0.39 is 23.9 Å². The molecule has 1 atom stereocenters. The molecule has 2 aliphatic rings. The molecule has 0 radical (unpaired) electrons. The van der Waals surface area contributed by atoms with E-state index >= 15 is 0 Å². The van der Waals surface area contributed by atoms with E-state index in [1.807, 2.05) is 10.3 Å². The lowest BCUT2D eigenvalue weighted by atomic mass is 9.94. The van der Waals surface area contributed by atoms with E-state index in [0.717, 1.165) is 0 Å². The van der Waals surface area contributed by atoms with Crippen LogP contribution < -0.4 is 4.99 Å². The van der Waals surface area contributed by atoms with Crippen molar-refractivity contribution in [2.45, 2.75) is 39.3 Å². The van der Waals surface area contributed by atoms with Gasteiger partial charge in [-0.25, -0.2) is 14.2 Å². The van der Waals surface area contributed by atoms with E-state index in [0.29, 0.717) is 50.8 Å². The summed E-state index contributed by atoms with van der Waals surface area (Å²) in [6.07, 6.45) is 1.13. The molecule has 2 aromatic rings. The van der Waals surface area contributed by atoms with Crippen LogP contribution in [0.5, 0.6) is 0 Å². The fourth-order valence-corrected chi connectivity index (χ4v) is 5.07. The van der Waals surface area contributed by atoms with E-state index in [2.05, 4.69) is 25.9 Å². The molecule has 1 aromatic carbocycles. The van der Waals surface area contributed by atoms with Gasteiger partial charge in [0.1, 0.15) is 24.5 Å². The van der Waals surface area contributed by atoms with Crippen molar-refractivity contribution in [1.29, 1.82) is 0 Å². The van der Waals surface area contributed by atoms with Crippen LogP contribution in [-0.4, -0.2) is 52.7 Å². The number of rotatable bonds is 5. The number of fused-ring (bicyclic) bond motifs is 1. The first kappa shape index (κ1) is 24.2. The molecular weight excluding hydrogens is 527 g/mol. The van der Waals surface area contributed by atoms with E-state index in [-0.39, 0.29) is 12.7 Å². The molecule has 0 spiro atoms. The van der Waals surface area contributed by atoms with Crippen molar-refractivity contribution >= 4 is 50.9 Å². The van der Waals surface area contributed by atoms with Crippen molar-refractivity contribution in [2.75, 3.05) is 13.2 Å². The number of amidine groups is 1. The number of ether oxygens (including phenoxy) is 2. The first-order valence-corrected chi connectivity index (χ1v) is 12.4. The highest BCUT2D eigenvalue weighted by Crippen LogP contribution is 2.41. The van der Waals surface area contributed by atoms with Gasteiger partial charge in [0.2, 0.25) is 0 Å². The maximum atomic E-state index is 13.8. The highest BCUT2D eigenvalue weighted by Gasteiger charge is 2.43. The summed E-state index contributed by atoms with van der Waals surface area (Å²) in [5.74, 6) is -0.364. The Hall–Kier alpha value is -2.92. The van der Waals surface area contributed by atoms with Gasteiger partial charge in [-0.05, 0) is 38.5 Å². The van der Waals surface area contributed by atoms with Gasteiger partial charge in [-0.3, -0.25) is 4.99 Å². The largest absolute Gasteiger partial charge is 0.594 e. The van der Waals surface area contributed by atoms with Crippen LogP contribution >= 0.6 is 27.3 Å². The second-order valence-electron chi connectivity index (χ2n) is 7.88. The minimum absolute atomic E-state index is 0.186. The number of amides is 1. The number of hydrogen-bond acceptors (Lipinski definition) is 8. The fourth-order valence-electron chi connectivity index (χ4n) is 3.86. The van der Waals surface area contributed by atoms with Gasteiger partial charge in [-0.1, -0.05) is 22.0 Å². The third-order valence-electron chi connectivity index (χ3n) is 5.14. The molecule has 4 rings (SSSR count). The number of esters is 1. The molecule has 3 heterocycles. The van der Waals surface area contributed by atoms with Crippen LogP contribution in [0.15, 0.2) is 50.5 Å². The number of hydrogen-bond donors (Lipinski definition) is 1. The molecule has 34 heavy (non-hydrogen) atoms. The zero-order valence-corrected chi connectivity index (χ0v) is 21.2. The van der Waals surface area contributed by atoms with E-state index in [1.165, 1.54) is 23.5 Å². The predicted molar refractivity (Wildman–Crippen MR) is 128 cm³/mol. The van der Waals surface area contributed by atoms with Crippen LogP contribution in [0.4, 0.5) is 9.18 Å². The molecule has 178 valence electrons. The van der Waals surface area contributed by atoms with Gasteiger partial charge in [-0.15, -0.1) is 16.3 Å². The van der Waals surface area contributed by atoms with Crippen molar-refractivity contribution in [2.24, 2.45) is 4.99 Å². The summed E-state index contributed by atoms with van der Waals surface area (Å²) >= 11 is 4.83. The normalized spacial score (nSPS) is 18.9. The number of halogens is 2. The smallest absolute Gasteiger partial charge is 0.463 e. The Morgan fingerprint density at radius 3 is 2.82 bits per heavy atom. The molecule has 2 aliphatic heterocycles. The summed E-state index contributed by atoms with van der Waals surface area (Å²) in [6, 6.07) is 3.51. The number of nitrogens with zero attached hydrogens (tertiary/aromatic N) is 3. The molecule has 1 saturated heterocycles. The van der Waals surface area contributed by atoms with Crippen LogP contribution in [0.2, 0.25) is 0 Å². The Morgan fingerprint density at radius 2 is 2.18 bits per heavy atom. The van der Waals surface area contributed by atoms with Crippen LogP contribution in [0.1, 0.15) is 43.8 Å². The Kier molecular flexibility index (Phi) is 7.22. The molecule has 1 N–H and O–H groups in total. The topological polar surface area (TPSA) is 95.1 Å². The summed E-state index contributed by atoms with van der Waals surface area (Å²) < 4.78 is 24.9. The lowest BCUT2D eigenvalue weighted by Crippen LogP contribution is -2.78. The number of thiazole rings is 1. The van der Waals surface area contributed by atoms with E-state index in [4.69, 9.17) is 14.5 Å². The Bertz CT molecular complexity index is 1210. The minimum atomic E-state index is -0.749. The van der Waals surface area contributed by atoms with E-state index in [1.54, 1.807) is 33.0 Å².